The van der Waals surface area contributed by atoms with Crippen LogP contribution in [0, 0.1) is 0 Å². The van der Waals surface area contributed by atoms with Gasteiger partial charge in [0.05, 0.1) is 6.10 Å². The van der Waals surface area contributed by atoms with Crippen LogP contribution in [-0.4, -0.2) is 27.3 Å². The molecule has 0 aromatic carbocycles. The van der Waals surface area contributed by atoms with Gasteiger partial charge in [-0.15, -0.1) is 0 Å². The maximum Gasteiger partial charge on any atom is 0.452 e. The Bertz CT molecular complexity index is 216. The highest BCUT2D eigenvalue weighted by Gasteiger charge is 2.07. The molecule has 0 aliphatic heterocycles. The van der Waals surface area contributed by atoms with E-state index in [1.54, 1.807) is 26.9 Å². The van der Waals surface area contributed by atoms with Crippen LogP contribution in [0.3, 0.4) is 0 Å². The van der Waals surface area contributed by atoms with Gasteiger partial charge in [0.15, 0.2) is 0 Å². The molecule has 80 valence electrons. The van der Waals surface area contributed by atoms with Crippen LogP contribution in [0.4, 0.5) is 9.59 Å². The van der Waals surface area contributed by atoms with E-state index in [0.29, 0.717) is 0 Å². The van der Waals surface area contributed by atoms with Crippen LogP contribution in [0.1, 0.15) is 13.8 Å². The zero-order valence-corrected chi connectivity index (χ0v) is 9.84. The first kappa shape index (κ1) is 12.8. The number of rotatable bonds is 2. The minimum Gasteiger partial charge on any atom is -0.504 e. The summed E-state index contributed by atoms with van der Waals surface area (Å²) in [6, 6.07) is 0. The highest BCUT2D eigenvalue weighted by molar-refractivity contribution is 6.50. The lowest BCUT2D eigenvalue weighted by Crippen LogP contribution is -2.12. The quantitative estimate of drug-likeness (QED) is 0.525. The molecule has 0 rings (SSSR count). The van der Waals surface area contributed by atoms with E-state index < -0.39 is 21.2 Å². The number of amides is 2. The van der Waals surface area contributed by atoms with E-state index in [1.165, 1.54) is 0 Å². The third kappa shape index (κ3) is 7.41. The Hall–Kier alpha value is -1.24. The number of hydrogen-bond acceptors (Lipinski definition) is 4. The normalized spacial score (nSPS) is 11.0. The molecule has 0 atom stereocenters. The Labute approximate surface area is 84.0 Å². The van der Waals surface area contributed by atoms with Gasteiger partial charge in [-0.25, -0.2) is 9.59 Å². The molecule has 0 fully saturated rings. The van der Waals surface area contributed by atoms with Gasteiger partial charge in [0, 0.05) is 0 Å². The van der Waals surface area contributed by atoms with Crippen molar-refractivity contribution in [2.75, 3.05) is 0 Å². The van der Waals surface area contributed by atoms with E-state index in [-0.39, 0.29) is 6.10 Å². The van der Waals surface area contributed by atoms with Gasteiger partial charge in [0.1, 0.15) is 0 Å². The smallest absolute Gasteiger partial charge is 0.452 e. The summed E-state index contributed by atoms with van der Waals surface area (Å²) in [5.74, 6) is 0. The van der Waals surface area contributed by atoms with Gasteiger partial charge in [0.25, 0.3) is 0 Å². The summed E-state index contributed by atoms with van der Waals surface area (Å²) in [5.41, 5.74) is 0. The van der Waals surface area contributed by atoms with Crippen molar-refractivity contribution in [1.82, 2.24) is 0 Å². The van der Waals surface area contributed by atoms with Gasteiger partial charge in [-0.3, -0.25) is 0 Å². The topological polar surface area (TPSA) is 77.3 Å². The summed E-state index contributed by atoms with van der Waals surface area (Å²) in [5, 5.41) is 6.07. The molecule has 0 saturated heterocycles. The fourth-order valence-corrected chi connectivity index (χ4v) is 0.982. The van der Waals surface area contributed by atoms with E-state index in [4.69, 9.17) is 4.43 Å². The molecular formula is C7H14N2O4Si. The molecule has 6 nitrogen and oxygen atoms in total. The maximum atomic E-state index is 10.8. The number of azo groups is 1. The molecule has 0 bridgehead atoms. The van der Waals surface area contributed by atoms with Crippen LogP contribution in [0.2, 0.25) is 13.1 Å². The average molecular weight is 218 g/mol. The molecule has 0 spiro atoms. The Morgan fingerprint density at radius 2 is 1.64 bits per heavy atom. The van der Waals surface area contributed by atoms with Crippen LogP contribution in [-0.2, 0) is 9.16 Å². The standard InChI is InChI=1S/C7H14N2O4Si/c1-5(2)12-6(10)8-9-7(11)13-14(3)4/h5,14H,1-4H3. The molecule has 0 heterocycles. The number of carbonyl (C=O) groups excluding carboxylic acids is 2. The van der Waals surface area contributed by atoms with Crippen molar-refractivity contribution in [3.8, 4) is 0 Å². The van der Waals surface area contributed by atoms with Crippen molar-refractivity contribution in [2.24, 2.45) is 10.2 Å². The molecular weight excluding hydrogens is 204 g/mol. The van der Waals surface area contributed by atoms with Gasteiger partial charge in [-0.1, -0.05) is 10.2 Å². The first-order valence-electron chi connectivity index (χ1n) is 4.24. The summed E-state index contributed by atoms with van der Waals surface area (Å²) < 4.78 is 9.35. The predicted molar refractivity (Wildman–Crippen MR) is 51.8 cm³/mol. The molecule has 14 heavy (non-hydrogen) atoms. The second-order valence-corrected chi connectivity index (χ2v) is 5.40. The number of hydrogen-bond donors (Lipinski definition) is 0. The van der Waals surface area contributed by atoms with Crippen LogP contribution in [0.5, 0.6) is 0 Å². The van der Waals surface area contributed by atoms with Gasteiger partial charge in [0.2, 0.25) is 9.04 Å². The van der Waals surface area contributed by atoms with Crippen molar-refractivity contribution in [3.05, 3.63) is 0 Å². The summed E-state index contributed by atoms with van der Waals surface area (Å²) >= 11 is 0. The Balaban J connectivity index is 3.92. The second kappa shape index (κ2) is 6.25. The fraction of sp³-hybridized carbons (Fsp3) is 0.714. The molecule has 0 radical (unpaired) electrons. The van der Waals surface area contributed by atoms with Crippen molar-refractivity contribution in [2.45, 2.75) is 33.0 Å². The Kier molecular flexibility index (Phi) is 5.69. The molecule has 0 saturated carbocycles. The van der Waals surface area contributed by atoms with Crippen molar-refractivity contribution in [3.63, 3.8) is 0 Å². The fourth-order valence-electron chi connectivity index (χ4n) is 0.532. The lowest BCUT2D eigenvalue weighted by Gasteiger charge is -2.03. The lowest BCUT2D eigenvalue weighted by molar-refractivity contribution is 0.123. The van der Waals surface area contributed by atoms with E-state index in [1.807, 2.05) is 0 Å². The molecule has 0 aliphatic rings. The molecule has 0 aromatic rings. The van der Waals surface area contributed by atoms with Gasteiger partial charge in [-0.05, 0) is 26.9 Å². The van der Waals surface area contributed by atoms with E-state index >= 15 is 0 Å². The first-order chi connectivity index (χ1) is 6.41. The van der Waals surface area contributed by atoms with E-state index in [0.717, 1.165) is 0 Å². The molecule has 2 amide bonds. The predicted octanol–water partition coefficient (Wildman–Crippen LogP) is 2.10. The highest BCUT2D eigenvalue weighted by atomic mass is 28.3. The minimum absolute atomic E-state index is 0.281. The SMILES string of the molecule is CC(C)OC(=O)N=NC(=O)O[SiH](C)C. The zero-order valence-electron chi connectivity index (χ0n) is 8.68. The van der Waals surface area contributed by atoms with Gasteiger partial charge < -0.3 is 9.16 Å². The van der Waals surface area contributed by atoms with Gasteiger partial charge in [-0.2, -0.15) is 0 Å². The van der Waals surface area contributed by atoms with Crippen LogP contribution < -0.4 is 0 Å². The number of ether oxygens (including phenoxy) is 1. The highest BCUT2D eigenvalue weighted by Crippen LogP contribution is 1.95. The van der Waals surface area contributed by atoms with E-state index in [9.17, 15) is 9.59 Å². The van der Waals surface area contributed by atoms with E-state index in [2.05, 4.69) is 15.0 Å². The Morgan fingerprint density at radius 3 is 2.07 bits per heavy atom. The number of nitrogens with zero attached hydrogens (tertiary/aromatic N) is 2. The summed E-state index contributed by atoms with van der Waals surface area (Å²) in [6.07, 6.45) is -2.01. The third-order valence-corrected chi connectivity index (χ3v) is 1.56. The summed E-state index contributed by atoms with van der Waals surface area (Å²) in [4.78, 5) is 21.6. The summed E-state index contributed by atoms with van der Waals surface area (Å²) in [7, 11) is -1.48. The molecule has 0 unspecified atom stereocenters. The molecule has 7 heteroatoms. The number of carbonyl (C=O) groups is 2. The largest absolute Gasteiger partial charge is 0.504 e. The molecule has 0 aliphatic carbocycles. The monoisotopic (exact) mass is 218 g/mol. The van der Waals surface area contributed by atoms with Crippen LogP contribution in [0.15, 0.2) is 10.2 Å². The van der Waals surface area contributed by atoms with Crippen molar-refractivity contribution >= 4 is 21.2 Å². The third-order valence-electron chi connectivity index (χ3n) is 0.886. The maximum absolute atomic E-state index is 10.8. The second-order valence-electron chi connectivity index (χ2n) is 3.07. The average Bonchev–Trinajstić information content (AvgIpc) is 1.98. The van der Waals surface area contributed by atoms with Crippen LogP contribution in [0.25, 0.3) is 0 Å². The first-order valence-corrected chi connectivity index (χ1v) is 7.03. The molecule has 0 aromatic heterocycles. The van der Waals surface area contributed by atoms with Crippen molar-refractivity contribution in [1.29, 1.82) is 0 Å². The van der Waals surface area contributed by atoms with Gasteiger partial charge >= 0.3 is 12.2 Å². The zero-order chi connectivity index (χ0) is 11.1. The summed E-state index contributed by atoms with van der Waals surface area (Å²) in [6.45, 7) is 6.96. The van der Waals surface area contributed by atoms with Crippen molar-refractivity contribution < 1.29 is 18.8 Å². The Morgan fingerprint density at radius 1 is 1.14 bits per heavy atom. The lowest BCUT2D eigenvalue weighted by atomic mass is 10.5. The van der Waals surface area contributed by atoms with Crippen LogP contribution >= 0.6 is 0 Å². The molecule has 0 N–H and O–H groups in total. The minimum atomic E-state index is -1.48.